The minimum absolute atomic E-state index is 0.313. The lowest BCUT2D eigenvalue weighted by Crippen LogP contribution is -2.41. The van der Waals surface area contributed by atoms with Gasteiger partial charge in [-0.1, -0.05) is 26.7 Å². The van der Waals surface area contributed by atoms with Crippen LogP contribution in [0, 0.1) is 5.92 Å². The summed E-state index contributed by atoms with van der Waals surface area (Å²) in [5.74, 6) is 0.882. The molecule has 3 unspecified atom stereocenters. The first-order chi connectivity index (χ1) is 6.76. The molecule has 0 heterocycles. The Hall–Kier alpha value is -0.0800. The highest BCUT2D eigenvalue weighted by Gasteiger charge is 2.20. The second-order valence-corrected chi connectivity index (χ2v) is 4.75. The molecule has 3 atom stereocenters. The summed E-state index contributed by atoms with van der Waals surface area (Å²) < 4.78 is 0. The molecular formula is C12H25NO. The Bertz CT molecular complexity index is 149. The van der Waals surface area contributed by atoms with Crippen LogP contribution >= 0.6 is 0 Å². The summed E-state index contributed by atoms with van der Waals surface area (Å²) in [6.07, 6.45) is 7.45. The second-order valence-electron chi connectivity index (χ2n) is 4.75. The maximum Gasteiger partial charge on any atom is 0.0445 e. The van der Waals surface area contributed by atoms with Gasteiger partial charge in [-0.05, 0) is 31.6 Å². The molecule has 0 saturated heterocycles. The predicted molar refractivity (Wildman–Crippen MR) is 60.3 cm³/mol. The van der Waals surface area contributed by atoms with Crippen molar-refractivity contribution in [3.8, 4) is 0 Å². The van der Waals surface area contributed by atoms with Crippen LogP contribution in [0.3, 0.4) is 0 Å². The Morgan fingerprint density at radius 3 is 2.79 bits per heavy atom. The van der Waals surface area contributed by atoms with Crippen molar-refractivity contribution in [3.63, 3.8) is 0 Å². The number of hydrogen-bond donors (Lipinski definition) is 2. The fourth-order valence-corrected chi connectivity index (χ4v) is 2.48. The fraction of sp³-hybridized carbons (Fsp3) is 1.00. The number of rotatable bonds is 5. The molecule has 0 aromatic rings. The number of hydrogen-bond acceptors (Lipinski definition) is 2. The third-order valence-corrected chi connectivity index (χ3v) is 3.38. The van der Waals surface area contributed by atoms with Gasteiger partial charge in [0.05, 0.1) is 0 Å². The van der Waals surface area contributed by atoms with E-state index in [4.69, 9.17) is 5.11 Å². The van der Waals surface area contributed by atoms with Crippen LogP contribution in [0.2, 0.25) is 0 Å². The first-order valence-corrected chi connectivity index (χ1v) is 6.13. The van der Waals surface area contributed by atoms with Gasteiger partial charge in [-0.3, -0.25) is 0 Å². The van der Waals surface area contributed by atoms with Crippen LogP contribution in [0.25, 0.3) is 0 Å². The number of nitrogens with one attached hydrogen (secondary N) is 1. The average molecular weight is 199 g/mol. The topological polar surface area (TPSA) is 32.3 Å². The van der Waals surface area contributed by atoms with Crippen LogP contribution in [0.15, 0.2) is 0 Å². The molecule has 1 fully saturated rings. The maximum atomic E-state index is 8.91. The fourth-order valence-electron chi connectivity index (χ4n) is 2.48. The summed E-state index contributed by atoms with van der Waals surface area (Å²) in [6.45, 7) is 4.86. The van der Waals surface area contributed by atoms with E-state index in [1.54, 1.807) is 0 Å². The SMILES string of the molecule is CCC(CCO)NC1CCCC(C)C1. The van der Waals surface area contributed by atoms with Gasteiger partial charge >= 0.3 is 0 Å². The molecule has 2 heteroatoms. The maximum absolute atomic E-state index is 8.91. The van der Waals surface area contributed by atoms with Crippen molar-refractivity contribution in [1.29, 1.82) is 0 Å². The van der Waals surface area contributed by atoms with Gasteiger partial charge < -0.3 is 10.4 Å². The first-order valence-electron chi connectivity index (χ1n) is 6.13. The summed E-state index contributed by atoms with van der Waals surface area (Å²) in [5, 5.41) is 12.6. The van der Waals surface area contributed by atoms with Gasteiger partial charge in [-0.15, -0.1) is 0 Å². The van der Waals surface area contributed by atoms with Crippen molar-refractivity contribution >= 4 is 0 Å². The molecule has 0 aromatic heterocycles. The van der Waals surface area contributed by atoms with Crippen LogP contribution in [0.1, 0.15) is 52.4 Å². The highest BCUT2D eigenvalue weighted by atomic mass is 16.3. The molecule has 0 spiro atoms. The Kier molecular flexibility index (Phi) is 5.49. The molecule has 1 aliphatic rings. The van der Waals surface area contributed by atoms with E-state index >= 15 is 0 Å². The smallest absolute Gasteiger partial charge is 0.0445 e. The average Bonchev–Trinajstić information content (AvgIpc) is 2.17. The van der Waals surface area contributed by atoms with E-state index in [-0.39, 0.29) is 0 Å². The second kappa shape index (κ2) is 6.41. The lowest BCUT2D eigenvalue weighted by molar-refractivity contribution is 0.231. The van der Waals surface area contributed by atoms with E-state index < -0.39 is 0 Å². The first kappa shape index (κ1) is 12.0. The van der Waals surface area contributed by atoms with Crippen molar-refractivity contribution < 1.29 is 5.11 Å². The molecule has 0 amide bonds. The van der Waals surface area contributed by atoms with E-state index in [0.29, 0.717) is 18.7 Å². The molecule has 0 radical (unpaired) electrons. The lowest BCUT2D eigenvalue weighted by atomic mass is 9.86. The summed E-state index contributed by atoms with van der Waals surface area (Å²) in [4.78, 5) is 0. The molecule has 1 rings (SSSR count). The highest BCUT2D eigenvalue weighted by molar-refractivity contribution is 4.79. The van der Waals surface area contributed by atoms with E-state index in [9.17, 15) is 0 Å². The Morgan fingerprint density at radius 1 is 1.43 bits per heavy atom. The monoisotopic (exact) mass is 199 g/mol. The van der Waals surface area contributed by atoms with Gasteiger partial charge in [0.2, 0.25) is 0 Å². The van der Waals surface area contributed by atoms with Crippen LogP contribution in [0.4, 0.5) is 0 Å². The van der Waals surface area contributed by atoms with E-state index in [0.717, 1.165) is 18.8 Å². The number of aliphatic hydroxyl groups excluding tert-OH is 1. The van der Waals surface area contributed by atoms with Crippen LogP contribution in [0.5, 0.6) is 0 Å². The third-order valence-electron chi connectivity index (χ3n) is 3.38. The molecule has 2 N–H and O–H groups in total. The Labute approximate surface area is 88.1 Å². The highest BCUT2D eigenvalue weighted by Crippen LogP contribution is 2.24. The number of aliphatic hydroxyl groups is 1. The molecule has 14 heavy (non-hydrogen) atoms. The largest absolute Gasteiger partial charge is 0.396 e. The quantitative estimate of drug-likeness (QED) is 0.712. The standard InChI is InChI=1S/C12H25NO/c1-3-11(7-8-14)13-12-6-4-5-10(2)9-12/h10-14H,3-9H2,1-2H3. The predicted octanol–water partition coefficient (Wildman–Crippen LogP) is 2.32. The third kappa shape index (κ3) is 3.97. The molecular weight excluding hydrogens is 174 g/mol. The summed E-state index contributed by atoms with van der Waals surface area (Å²) >= 11 is 0. The van der Waals surface area contributed by atoms with Crippen molar-refractivity contribution in [2.45, 2.75) is 64.5 Å². The summed E-state index contributed by atoms with van der Waals surface area (Å²) in [7, 11) is 0. The Balaban J connectivity index is 2.26. The van der Waals surface area contributed by atoms with Gasteiger partial charge in [-0.2, -0.15) is 0 Å². The Morgan fingerprint density at radius 2 is 2.21 bits per heavy atom. The lowest BCUT2D eigenvalue weighted by Gasteiger charge is -2.31. The normalized spacial score (nSPS) is 30.2. The van der Waals surface area contributed by atoms with E-state index in [1.807, 2.05) is 0 Å². The van der Waals surface area contributed by atoms with Gasteiger partial charge in [0, 0.05) is 18.7 Å². The summed E-state index contributed by atoms with van der Waals surface area (Å²) in [5.41, 5.74) is 0. The minimum Gasteiger partial charge on any atom is -0.396 e. The van der Waals surface area contributed by atoms with Crippen LogP contribution in [-0.4, -0.2) is 23.8 Å². The molecule has 1 saturated carbocycles. The molecule has 84 valence electrons. The zero-order chi connectivity index (χ0) is 10.4. The van der Waals surface area contributed by atoms with E-state index in [2.05, 4.69) is 19.2 Å². The van der Waals surface area contributed by atoms with Gasteiger partial charge in [0.15, 0.2) is 0 Å². The molecule has 2 nitrogen and oxygen atoms in total. The van der Waals surface area contributed by atoms with E-state index in [1.165, 1.54) is 25.7 Å². The molecule has 1 aliphatic carbocycles. The van der Waals surface area contributed by atoms with Crippen molar-refractivity contribution in [2.24, 2.45) is 5.92 Å². The van der Waals surface area contributed by atoms with Crippen molar-refractivity contribution in [3.05, 3.63) is 0 Å². The van der Waals surface area contributed by atoms with Gasteiger partial charge in [0.1, 0.15) is 0 Å². The van der Waals surface area contributed by atoms with Gasteiger partial charge in [-0.25, -0.2) is 0 Å². The molecule has 0 aliphatic heterocycles. The van der Waals surface area contributed by atoms with Crippen LogP contribution < -0.4 is 5.32 Å². The summed E-state index contributed by atoms with van der Waals surface area (Å²) in [6, 6.07) is 1.23. The zero-order valence-electron chi connectivity index (χ0n) is 9.63. The van der Waals surface area contributed by atoms with Gasteiger partial charge in [0.25, 0.3) is 0 Å². The zero-order valence-corrected chi connectivity index (χ0v) is 9.63. The molecule has 0 bridgehead atoms. The van der Waals surface area contributed by atoms with Crippen LogP contribution in [-0.2, 0) is 0 Å². The van der Waals surface area contributed by atoms with Crippen molar-refractivity contribution in [1.82, 2.24) is 5.32 Å². The van der Waals surface area contributed by atoms with Crippen molar-refractivity contribution in [2.75, 3.05) is 6.61 Å². The molecule has 0 aromatic carbocycles. The minimum atomic E-state index is 0.313.